The van der Waals surface area contributed by atoms with Crippen LogP contribution >= 0.6 is 31.9 Å². The van der Waals surface area contributed by atoms with E-state index in [9.17, 15) is 5.26 Å². The molecule has 0 unspecified atom stereocenters. The van der Waals surface area contributed by atoms with Crippen LogP contribution in [0.5, 0.6) is 0 Å². The van der Waals surface area contributed by atoms with Crippen LogP contribution in [-0.2, 0) is 0 Å². The lowest BCUT2D eigenvalue weighted by Crippen LogP contribution is -1.99. The molecular formula is C18H11Br2N3. The van der Waals surface area contributed by atoms with Crippen LogP contribution in [0.2, 0.25) is 0 Å². The topological polar surface area (TPSA) is 62.7 Å². The van der Waals surface area contributed by atoms with E-state index >= 15 is 0 Å². The van der Waals surface area contributed by atoms with E-state index < -0.39 is 0 Å². The van der Waals surface area contributed by atoms with Crippen LogP contribution in [0.25, 0.3) is 22.4 Å². The number of rotatable bonds is 2. The first kappa shape index (κ1) is 15.7. The van der Waals surface area contributed by atoms with Gasteiger partial charge in [0.2, 0.25) is 0 Å². The predicted octanol–water partition coefficient (Wildman–Crippen LogP) is 5.39. The molecule has 0 spiro atoms. The Morgan fingerprint density at radius 3 is 2.30 bits per heavy atom. The van der Waals surface area contributed by atoms with Crippen LogP contribution in [0.3, 0.4) is 0 Å². The first-order valence-corrected chi connectivity index (χ1v) is 8.39. The first-order chi connectivity index (χ1) is 11.1. The minimum Gasteiger partial charge on any atom is -0.383 e. The van der Waals surface area contributed by atoms with Crippen LogP contribution in [0.4, 0.5) is 5.82 Å². The summed E-state index contributed by atoms with van der Waals surface area (Å²) in [6, 6.07) is 19.7. The Balaban J connectivity index is 2.22. The largest absolute Gasteiger partial charge is 0.383 e. The molecule has 1 heterocycles. The minimum absolute atomic E-state index is 0.239. The lowest BCUT2D eigenvalue weighted by molar-refractivity contribution is 1.31. The van der Waals surface area contributed by atoms with Gasteiger partial charge in [-0.15, -0.1) is 0 Å². The SMILES string of the molecule is N#Cc1c(-c2ccc(Br)cc2)cc(-c2cccc(Br)c2)nc1N. The van der Waals surface area contributed by atoms with Crippen molar-refractivity contribution in [3.8, 4) is 28.5 Å². The zero-order valence-electron chi connectivity index (χ0n) is 11.9. The van der Waals surface area contributed by atoms with Gasteiger partial charge in [0.1, 0.15) is 17.5 Å². The summed E-state index contributed by atoms with van der Waals surface area (Å²) < 4.78 is 1.94. The Morgan fingerprint density at radius 1 is 0.913 bits per heavy atom. The fraction of sp³-hybridized carbons (Fsp3) is 0. The maximum absolute atomic E-state index is 9.43. The van der Waals surface area contributed by atoms with Crippen molar-refractivity contribution in [3.05, 3.63) is 69.1 Å². The van der Waals surface area contributed by atoms with E-state index in [4.69, 9.17) is 5.73 Å². The highest BCUT2D eigenvalue weighted by Gasteiger charge is 2.13. The molecule has 5 heteroatoms. The fourth-order valence-electron chi connectivity index (χ4n) is 2.34. The molecule has 2 N–H and O–H groups in total. The van der Waals surface area contributed by atoms with Gasteiger partial charge in [-0.05, 0) is 35.9 Å². The van der Waals surface area contributed by atoms with Gasteiger partial charge < -0.3 is 5.73 Å². The molecule has 23 heavy (non-hydrogen) atoms. The van der Waals surface area contributed by atoms with E-state index in [1.54, 1.807) is 0 Å². The molecular weight excluding hydrogens is 418 g/mol. The van der Waals surface area contributed by atoms with E-state index in [1.165, 1.54) is 0 Å². The lowest BCUT2D eigenvalue weighted by atomic mass is 9.98. The molecule has 3 nitrogen and oxygen atoms in total. The molecule has 0 aliphatic rings. The molecule has 0 saturated carbocycles. The molecule has 0 bridgehead atoms. The van der Waals surface area contributed by atoms with Gasteiger partial charge in [-0.1, -0.05) is 56.1 Å². The second-order valence-corrected chi connectivity index (χ2v) is 6.78. The van der Waals surface area contributed by atoms with Crippen molar-refractivity contribution in [1.82, 2.24) is 4.98 Å². The predicted molar refractivity (Wildman–Crippen MR) is 99.6 cm³/mol. The molecule has 0 saturated heterocycles. The number of nitrogens with two attached hydrogens (primary N) is 1. The highest BCUT2D eigenvalue weighted by atomic mass is 79.9. The van der Waals surface area contributed by atoms with Crippen LogP contribution < -0.4 is 5.73 Å². The van der Waals surface area contributed by atoms with Gasteiger partial charge in [-0.25, -0.2) is 4.98 Å². The molecule has 0 atom stereocenters. The summed E-state index contributed by atoms with van der Waals surface area (Å²) in [5.41, 5.74) is 9.80. The quantitative estimate of drug-likeness (QED) is 0.594. The number of hydrogen-bond donors (Lipinski definition) is 1. The zero-order valence-corrected chi connectivity index (χ0v) is 15.1. The van der Waals surface area contributed by atoms with E-state index in [0.29, 0.717) is 5.56 Å². The number of benzene rings is 2. The van der Waals surface area contributed by atoms with Gasteiger partial charge in [-0.3, -0.25) is 0 Å². The molecule has 3 rings (SSSR count). The molecule has 0 fully saturated rings. The lowest BCUT2D eigenvalue weighted by Gasteiger charge is -2.10. The van der Waals surface area contributed by atoms with Gasteiger partial charge in [-0.2, -0.15) is 5.26 Å². The third-order valence-electron chi connectivity index (χ3n) is 3.43. The molecule has 0 aliphatic carbocycles. The zero-order chi connectivity index (χ0) is 16.4. The van der Waals surface area contributed by atoms with Crippen molar-refractivity contribution >= 4 is 37.7 Å². The number of aromatic nitrogens is 1. The summed E-state index contributed by atoms with van der Waals surface area (Å²) in [7, 11) is 0. The summed E-state index contributed by atoms with van der Waals surface area (Å²) in [5.74, 6) is 0.239. The first-order valence-electron chi connectivity index (χ1n) is 6.81. The number of halogens is 2. The minimum atomic E-state index is 0.239. The van der Waals surface area contributed by atoms with Gasteiger partial charge in [0.05, 0.1) is 5.69 Å². The van der Waals surface area contributed by atoms with Crippen molar-refractivity contribution in [1.29, 1.82) is 5.26 Å². The van der Waals surface area contributed by atoms with E-state index in [1.807, 2.05) is 54.6 Å². The normalized spacial score (nSPS) is 10.3. The molecule has 2 aromatic carbocycles. The van der Waals surface area contributed by atoms with Crippen LogP contribution in [0, 0.1) is 11.3 Å². The van der Waals surface area contributed by atoms with Crippen molar-refractivity contribution in [3.63, 3.8) is 0 Å². The second-order valence-electron chi connectivity index (χ2n) is 4.94. The molecule has 0 aliphatic heterocycles. The summed E-state index contributed by atoms with van der Waals surface area (Å²) in [5, 5.41) is 9.43. The number of pyridine rings is 1. The highest BCUT2D eigenvalue weighted by Crippen LogP contribution is 2.32. The smallest absolute Gasteiger partial charge is 0.142 e. The number of nitrogens with zero attached hydrogens (tertiary/aromatic N) is 2. The summed E-state index contributed by atoms with van der Waals surface area (Å²) in [4.78, 5) is 4.38. The second kappa shape index (κ2) is 6.53. The third kappa shape index (κ3) is 3.29. The number of hydrogen-bond acceptors (Lipinski definition) is 3. The fourth-order valence-corrected chi connectivity index (χ4v) is 3.00. The average Bonchev–Trinajstić information content (AvgIpc) is 2.55. The van der Waals surface area contributed by atoms with Crippen LogP contribution in [0.15, 0.2) is 63.5 Å². The third-order valence-corrected chi connectivity index (χ3v) is 4.46. The summed E-state index contributed by atoms with van der Waals surface area (Å²) in [6.07, 6.45) is 0. The van der Waals surface area contributed by atoms with Gasteiger partial charge in [0, 0.05) is 20.1 Å². The standard InChI is InChI=1S/C18H11Br2N3/c19-13-6-4-11(5-7-13)15-9-17(23-18(22)16(15)10-21)12-2-1-3-14(20)8-12/h1-9H,(H2,22,23). The Morgan fingerprint density at radius 2 is 1.65 bits per heavy atom. The van der Waals surface area contributed by atoms with Crippen molar-refractivity contribution in [2.75, 3.05) is 5.73 Å². The number of nitrogen functional groups attached to an aromatic ring is 1. The summed E-state index contributed by atoms with van der Waals surface area (Å²) in [6.45, 7) is 0. The Kier molecular flexibility index (Phi) is 4.46. The maximum atomic E-state index is 9.43. The highest BCUT2D eigenvalue weighted by molar-refractivity contribution is 9.10. The summed E-state index contributed by atoms with van der Waals surface area (Å²) >= 11 is 6.88. The van der Waals surface area contributed by atoms with Crippen molar-refractivity contribution in [2.24, 2.45) is 0 Å². The Hall–Kier alpha value is -2.16. The molecule has 0 amide bonds. The average molecular weight is 429 g/mol. The van der Waals surface area contributed by atoms with Gasteiger partial charge in [0.15, 0.2) is 0 Å². The molecule has 3 aromatic rings. The Bertz CT molecular complexity index is 913. The molecule has 0 radical (unpaired) electrons. The van der Waals surface area contributed by atoms with Crippen molar-refractivity contribution < 1.29 is 0 Å². The monoisotopic (exact) mass is 427 g/mol. The maximum Gasteiger partial charge on any atom is 0.142 e. The van der Waals surface area contributed by atoms with Crippen LogP contribution in [0.1, 0.15) is 5.56 Å². The van der Waals surface area contributed by atoms with E-state index in [2.05, 4.69) is 42.9 Å². The van der Waals surface area contributed by atoms with E-state index in [-0.39, 0.29) is 5.82 Å². The van der Waals surface area contributed by atoms with Gasteiger partial charge >= 0.3 is 0 Å². The molecule has 1 aromatic heterocycles. The molecule has 112 valence electrons. The Labute approximate surface area is 151 Å². The van der Waals surface area contributed by atoms with Gasteiger partial charge in [0.25, 0.3) is 0 Å². The van der Waals surface area contributed by atoms with Crippen LogP contribution in [-0.4, -0.2) is 4.98 Å². The van der Waals surface area contributed by atoms with Crippen molar-refractivity contribution in [2.45, 2.75) is 0 Å². The number of nitriles is 1. The van der Waals surface area contributed by atoms with E-state index in [0.717, 1.165) is 31.3 Å². The number of anilines is 1.